The van der Waals surface area contributed by atoms with Gasteiger partial charge in [-0.3, -0.25) is 15.1 Å². The van der Waals surface area contributed by atoms with Crippen LogP contribution in [0.3, 0.4) is 0 Å². The first-order valence-corrected chi connectivity index (χ1v) is 7.19. The first-order chi connectivity index (χ1) is 10.2. The number of hydrogen-bond donors (Lipinski definition) is 0. The number of benzene rings is 2. The number of ether oxygens (including phenoxy) is 1. The second-order valence-corrected chi connectivity index (χ2v) is 5.43. The van der Waals surface area contributed by atoms with Crippen LogP contribution in [0.5, 0.6) is 11.5 Å². The molecule has 3 rings (SSSR count). The number of nitro benzene ring substituents is 1. The van der Waals surface area contributed by atoms with Gasteiger partial charge < -0.3 is 4.74 Å². The van der Waals surface area contributed by atoms with Gasteiger partial charge in [0.15, 0.2) is 5.75 Å². The van der Waals surface area contributed by atoms with Crippen LogP contribution in [0.25, 0.3) is 10.9 Å². The van der Waals surface area contributed by atoms with Crippen molar-refractivity contribution in [3.8, 4) is 11.5 Å². The Morgan fingerprint density at radius 1 is 1.05 bits per heavy atom. The van der Waals surface area contributed by atoms with Crippen molar-refractivity contribution in [1.29, 1.82) is 0 Å². The molecule has 0 saturated carbocycles. The van der Waals surface area contributed by atoms with Gasteiger partial charge in [0.2, 0.25) is 0 Å². The van der Waals surface area contributed by atoms with Crippen LogP contribution in [-0.2, 0) is 0 Å². The molecule has 0 N–H and O–H groups in total. The Morgan fingerprint density at radius 2 is 1.86 bits per heavy atom. The molecule has 0 aliphatic rings. The van der Waals surface area contributed by atoms with Crippen molar-refractivity contribution in [2.24, 2.45) is 0 Å². The molecule has 104 valence electrons. The molecule has 0 unspecified atom stereocenters. The Hall–Kier alpha value is -2.22. The van der Waals surface area contributed by atoms with Crippen molar-refractivity contribution in [2.45, 2.75) is 0 Å². The van der Waals surface area contributed by atoms with Crippen LogP contribution in [0.1, 0.15) is 0 Å². The normalized spacial score (nSPS) is 10.5. The Bertz CT molecular complexity index is 836. The monoisotopic (exact) mass is 392 g/mol. The molecule has 1 aromatic heterocycles. The lowest BCUT2D eigenvalue weighted by atomic mass is 10.1. The number of fused-ring (bicyclic) bond motifs is 1. The fourth-order valence-corrected chi connectivity index (χ4v) is 2.52. The molecule has 0 amide bonds. The second-order valence-electron chi connectivity index (χ2n) is 4.27. The van der Waals surface area contributed by atoms with Crippen LogP contribution in [0, 0.1) is 13.7 Å². The summed E-state index contributed by atoms with van der Waals surface area (Å²) in [6, 6.07) is 13.9. The van der Waals surface area contributed by atoms with Crippen molar-refractivity contribution in [3.05, 3.63) is 68.4 Å². The number of halogens is 1. The van der Waals surface area contributed by atoms with Crippen molar-refractivity contribution >= 4 is 39.2 Å². The third kappa shape index (κ3) is 2.66. The summed E-state index contributed by atoms with van der Waals surface area (Å²) in [5, 5.41) is 11.5. The Kier molecular flexibility index (Phi) is 3.70. The fraction of sp³-hybridized carbons (Fsp3) is 0. The third-order valence-corrected chi connectivity index (χ3v) is 3.85. The van der Waals surface area contributed by atoms with Crippen LogP contribution in [0.2, 0.25) is 0 Å². The summed E-state index contributed by atoms with van der Waals surface area (Å²) < 4.78 is 6.82. The highest BCUT2D eigenvalue weighted by Crippen LogP contribution is 2.35. The molecular weight excluding hydrogens is 383 g/mol. The minimum Gasteiger partial charge on any atom is -0.454 e. The summed E-state index contributed by atoms with van der Waals surface area (Å²) in [4.78, 5) is 14.9. The number of rotatable bonds is 3. The zero-order valence-corrected chi connectivity index (χ0v) is 12.9. The predicted octanol–water partition coefficient (Wildman–Crippen LogP) is 4.54. The highest BCUT2D eigenvalue weighted by atomic mass is 127. The Labute approximate surface area is 133 Å². The standard InChI is InChI=1S/C15H9IN2O3/c16-11-5-1-2-6-13(11)21-14-8-7-12(18(19)20)10-4-3-9-17-15(10)14/h1-9H. The predicted molar refractivity (Wildman–Crippen MR) is 87.6 cm³/mol. The zero-order chi connectivity index (χ0) is 14.8. The van der Waals surface area contributed by atoms with Crippen LogP contribution >= 0.6 is 22.6 Å². The number of non-ortho nitro benzene ring substituents is 1. The highest BCUT2D eigenvalue weighted by molar-refractivity contribution is 14.1. The van der Waals surface area contributed by atoms with Gasteiger partial charge in [0, 0.05) is 12.3 Å². The largest absolute Gasteiger partial charge is 0.454 e. The first-order valence-electron chi connectivity index (χ1n) is 6.11. The number of nitro groups is 1. The SMILES string of the molecule is O=[N+]([O-])c1ccc(Oc2ccccc2I)c2ncccc12. The number of hydrogen-bond acceptors (Lipinski definition) is 4. The molecule has 3 aromatic rings. The summed E-state index contributed by atoms with van der Waals surface area (Å²) in [7, 11) is 0. The average Bonchev–Trinajstić information content (AvgIpc) is 2.49. The van der Waals surface area contributed by atoms with E-state index in [0.717, 1.165) is 3.57 Å². The van der Waals surface area contributed by atoms with E-state index in [4.69, 9.17) is 4.74 Å². The van der Waals surface area contributed by atoms with Crippen LogP contribution in [0.4, 0.5) is 5.69 Å². The van der Waals surface area contributed by atoms with E-state index >= 15 is 0 Å². The van der Waals surface area contributed by atoms with Gasteiger partial charge >= 0.3 is 0 Å². The lowest BCUT2D eigenvalue weighted by molar-refractivity contribution is -0.383. The van der Waals surface area contributed by atoms with E-state index in [1.165, 1.54) is 6.07 Å². The quantitative estimate of drug-likeness (QED) is 0.373. The topological polar surface area (TPSA) is 65.3 Å². The molecule has 21 heavy (non-hydrogen) atoms. The number of pyridine rings is 1. The minimum atomic E-state index is -0.417. The molecule has 0 fully saturated rings. The second kappa shape index (κ2) is 5.65. The molecule has 0 aliphatic carbocycles. The summed E-state index contributed by atoms with van der Waals surface area (Å²) in [5.74, 6) is 1.19. The summed E-state index contributed by atoms with van der Waals surface area (Å²) >= 11 is 2.17. The molecule has 6 heteroatoms. The maximum Gasteiger partial charge on any atom is 0.279 e. The fourth-order valence-electron chi connectivity index (χ4n) is 2.02. The number of nitrogens with zero attached hydrogens (tertiary/aromatic N) is 2. The maximum atomic E-state index is 11.1. The molecule has 0 bridgehead atoms. The highest BCUT2D eigenvalue weighted by Gasteiger charge is 2.16. The first kappa shape index (κ1) is 13.7. The molecular formula is C15H9IN2O3. The van der Waals surface area contributed by atoms with Gasteiger partial charge in [-0.05, 0) is 52.9 Å². The molecule has 1 heterocycles. The Morgan fingerprint density at radius 3 is 2.62 bits per heavy atom. The van der Waals surface area contributed by atoms with Crippen molar-refractivity contribution < 1.29 is 9.66 Å². The van der Waals surface area contributed by atoms with E-state index in [1.54, 1.807) is 24.4 Å². The molecule has 0 saturated heterocycles. The third-order valence-electron chi connectivity index (χ3n) is 2.96. The zero-order valence-electron chi connectivity index (χ0n) is 10.7. The maximum absolute atomic E-state index is 11.1. The molecule has 5 nitrogen and oxygen atoms in total. The van der Waals surface area contributed by atoms with Gasteiger partial charge in [0.1, 0.15) is 11.3 Å². The number of aromatic nitrogens is 1. The summed E-state index contributed by atoms with van der Waals surface area (Å²) in [6.45, 7) is 0. The molecule has 0 radical (unpaired) electrons. The van der Waals surface area contributed by atoms with E-state index in [-0.39, 0.29) is 5.69 Å². The van der Waals surface area contributed by atoms with Crippen LogP contribution < -0.4 is 4.74 Å². The minimum absolute atomic E-state index is 0.0215. The van der Waals surface area contributed by atoms with Gasteiger partial charge in [-0.25, -0.2) is 0 Å². The van der Waals surface area contributed by atoms with Crippen LogP contribution in [-0.4, -0.2) is 9.91 Å². The molecule has 0 atom stereocenters. The Balaban J connectivity index is 2.14. The molecule has 0 spiro atoms. The van der Waals surface area contributed by atoms with E-state index in [2.05, 4.69) is 27.6 Å². The average molecular weight is 392 g/mol. The van der Waals surface area contributed by atoms with E-state index < -0.39 is 4.92 Å². The van der Waals surface area contributed by atoms with Gasteiger partial charge in [0.05, 0.1) is 13.9 Å². The van der Waals surface area contributed by atoms with Crippen LogP contribution in [0.15, 0.2) is 54.7 Å². The van der Waals surface area contributed by atoms with Crippen molar-refractivity contribution in [1.82, 2.24) is 4.98 Å². The van der Waals surface area contributed by atoms with Gasteiger partial charge in [-0.1, -0.05) is 12.1 Å². The van der Waals surface area contributed by atoms with Gasteiger partial charge in [-0.15, -0.1) is 0 Å². The van der Waals surface area contributed by atoms with Crippen molar-refractivity contribution in [3.63, 3.8) is 0 Å². The smallest absolute Gasteiger partial charge is 0.279 e. The number of para-hydroxylation sites is 1. The summed E-state index contributed by atoms with van der Waals surface area (Å²) in [6.07, 6.45) is 1.59. The molecule has 0 aliphatic heterocycles. The molecule has 2 aromatic carbocycles. The van der Waals surface area contributed by atoms with Gasteiger partial charge in [0.25, 0.3) is 5.69 Å². The van der Waals surface area contributed by atoms with E-state index in [1.807, 2.05) is 24.3 Å². The lowest BCUT2D eigenvalue weighted by Gasteiger charge is -2.09. The van der Waals surface area contributed by atoms with Crippen molar-refractivity contribution in [2.75, 3.05) is 0 Å². The lowest BCUT2D eigenvalue weighted by Crippen LogP contribution is -1.94. The van der Waals surface area contributed by atoms with E-state index in [9.17, 15) is 10.1 Å². The van der Waals surface area contributed by atoms with E-state index in [0.29, 0.717) is 22.4 Å². The summed E-state index contributed by atoms with van der Waals surface area (Å²) in [5.41, 5.74) is 0.500. The van der Waals surface area contributed by atoms with Gasteiger partial charge in [-0.2, -0.15) is 0 Å².